The standard InChI is InChI=1S/C17H24N2O3/c1-13(12-15(20)14-6-3-2-4-7-14)18-16(21)9-11-19-10-5-8-17(19)22/h2-4,6-7,13,15,20H,5,8-12H2,1H3,(H,18,21). The van der Waals surface area contributed by atoms with Gasteiger partial charge in [-0.05, 0) is 25.3 Å². The molecule has 0 radical (unpaired) electrons. The number of likely N-dealkylation sites (tertiary alicyclic amines) is 1. The number of nitrogens with one attached hydrogen (secondary N) is 1. The quantitative estimate of drug-likeness (QED) is 0.804. The van der Waals surface area contributed by atoms with Gasteiger partial charge in [0.2, 0.25) is 11.8 Å². The first-order valence-electron chi connectivity index (χ1n) is 7.86. The summed E-state index contributed by atoms with van der Waals surface area (Å²) in [5.74, 6) is 0.0628. The van der Waals surface area contributed by atoms with E-state index in [2.05, 4.69) is 5.32 Å². The average molecular weight is 304 g/mol. The van der Waals surface area contributed by atoms with Crippen molar-refractivity contribution in [3.05, 3.63) is 35.9 Å². The molecule has 22 heavy (non-hydrogen) atoms. The Morgan fingerprint density at radius 1 is 1.36 bits per heavy atom. The van der Waals surface area contributed by atoms with Crippen molar-refractivity contribution in [2.24, 2.45) is 0 Å². The molecule has 2 amide bonds. The Kier molecular flexibility index (Phi) is 5.95. The first-order chi connectivity index (χ1) is 10.6. The summed E-state index contributed by atoms with van der Waals surface area (Å²) in [5.41, 5.74) is 0.853. The molecule has 0 spiro atoms. The van der Waals surface area contributed by atoms with Crippen LogP contribution in [0.3, 0.4) is 0 Å². The van der Waals surface area contributed by atoms with E-state index >= 15 is 0 Å². The summed E-state index contributed by atoms with van der Waals surface area (Å²) >= 11 is 0. The van der Waals surface area contributed by atoms with Gasteiger partial charge in [0, 0.05) is 32.0 Å². The van der Waals surface area contributed by atoms with E-state index in [0.29, 0.717) is 25.8 Å². The number of carbonyl (C=O) groups excluding carboxylic acids is 2. The summed E-state index contributed by atoms with van der Waals surface area (Å²) in [6, 6.07) is 9.30. The Morgan fingerprint density at radius 3 is 2.73 bits per heavy atom. The zero-order chi connectivity index (χ0) is 15.9. The van der Waals surface area contributed by atoms with Crippen LogP contribution in [0.2, 0.25) is 0 Å². The zero-order valence-electron chi connectivity index (χ0n) is 13.0. The molecule has 0 saturated carbocycles. The largest absolute Gasteiger partial charge is 0.388 e. The Balaban J connectivity index is 1.70. The maximum Gasteiger partial charge on any atom is 0.222 e. The molecule has 2 unspecified atom stereocenters. The molecule has 1 aliphatic heterocycles. The molecular formula is C17H24N2O3. The smallest absolute Gasteiger partial charge is 0.222 e. The van der Waals surface area contributed by atoms with Crippen molar-refractivity contribution in [2.75, 3.05) is 13.1 Å². The molecule has 0 bridgehead atoms. The molecule has 2 N–H and O–H groups in total. The van der Waals surface area contributed by atoms with Gasteiger partial charge in [-0.2, -0.15) is 0 Å². The molecule has 5 heteroatoms. The Morgan fingerprint density at radius 2 is 2.09 bits per heavy atom. The summed E-state index contributed by atoms with van der Waals surface area (Å²) in [7, 11) is 0. The summed E-state index contributed by atoms with van der Waals surface area (Å²) in [4.78, 5) is 25.1. The lowest BCUT2D eigenvalue weighted by Crippen LogP contribution is -2.36. The van der Waals surface area contributed by atoms with E-state index in [-0.39, 0.29) is 17.9 Å². The van der Waals surface area contributed by atoms with Crippen LogP contribution in [0.15, 0.2) is 30.3 Å². The van der Waals surface area contributed by atoms with Gasteiger partial charge in [-0.1, -0.05) is 30.3 Å². The molecule has 1 fully saturated rings. The Labute approximate surface area is 131 Å². The van der Waals surface area contributed by atoms with Crippen molar-refractivity contribution in [1.82, 2.24) is 10.2 Å². The lowest BCUT2D eigenvalue weighted by molar-refractivity contribution is -0.128. The lowest BCUT2D eigenvalue weighted by atomic mass is 10.0. The number of carbonyl (C=O) groups is 2. The summed E-state index contributed by atoms with van der Waals surface area (Å²) in [5, 5.41) is 13.0. The van der Waals surface area contributed by atoms with Crippen molar-refractivity contribution in [2.45, 2.75) is 44.8 Å². The van der Waals surface area contributed by atoms with Crippen molar-refractivity contribution in [3.63, 3.8) is 0 Å². The van der Waals surface area contributed by atoms with E-state index < -0.39 is 6.10 Å². The van der Waals surface area contributed by atoms with Gasteiger partial charge < -0.3 is 15.3 Å². The SMILES string of the molecule is CC(CC(O)c1ccccc1)NC(=O)CCN1CCCC1=O. The van der Waals surface area contributed by atoms with Gasteiger partial charge in [0.1, 0.15) is 0 Å². The fraction of sp³-hybridized carbons (Fsp3) is 0.529. The van der Waals surface area contributed by atoms with Crippen LogP contribution in [0.5, 0.6) is 0 Å². The van der Waals surface area contributed by atoms with Gasteiger partial charge >= 0.3 is 0 Å². The number of amides is 2. The highest BCUT2D eigenvalue weighted by molar-refractivity contribution is 5.80. The number of aliphatic hydroxyl groups is 1. The highest BCUT2D eigenvalue weighted by atomic mass is 16.3. The van der Waals surface area contributed by atoms with Crippen molar-refractivity contribution >= 4 is 11.8 Å². The minimum absolute atomic E-state index is 0.0764. The second-order valence-corrected chi connectivity index (χ2v) is 5.87. The van der Waals surface area contributed by atoms with Crippen LogP contribution < -0.4 is 5.32 Å². The fourth-order valence-electron chi connectivity index (χ4n) is 2.73. The first-order valence-corrected chi connectivity index (χ1v) is 7.86. The molecule has 1 aromatic carbocycles. The molecule has 1 aromatic rings. The highest BCUT2D eigenvalue weighted by Crippen LogP contribution is 2.17. The van der Waals surface area contributed by atoms with Crippen LogP contribution in [0.25, 0.3) is 0 Å². The first kappa shape index (κ1) is 16.5. The number of nitrogens with zero attached hydrogens (tertiary/aromatic N) is 1. The molecule has 2 rings (SSSR count). The molecule has 1 heterocycles. The van der Waals surface area contributed by atoms with Crippen molar-refractivity contribution in [1.29, 1.82) is 0 Å². The summed E-state index contributed by atoms with van der Waals surface area (Å²) < 4.78 is 0. The molecule has 1 aliphatic rings. The second-order valence-electron chi connectivity index (χ2n) is 5.87. The molecule has 120 valence electrons. The predicted octanol–water partition coefficient (Wildman–Crippen LogP) is 1.63. The molecule has 0 aromatic heterocycles. The molecular weight excluding hydrogens is 280 g/mol. The van der Waals surface area contributed by atoms with E-state index in [1.54, 1.807) is 4.90 Å². The topological polar surface area (TPSA) is 69.6 Å². The average Bonchev–Trinajstić information content (AvgIpc) is 2.91. The number of hydrogen-bond acceptors (Lipinski definition) is 3. The van der Waals surface area contributed by atoms with Gasteiger partial charge in [0.25, 0.3) is 0 Å². The van der Waals surface area contributed by atoms with Gasteiger partial charge in [0.15, 0.2) is 0 Å². The minimum atomic E-state index is -0.586. The van der Waals surface area contributed by atoms with Crippen molar-refractivity contribution in [3.8, 4) is 0 Å². The summed E-state index contributed by atoms with van der Waals surface area (Å²) in [6.45, 7) is 3.12. The van der Waals surface area contributed by atoms with E-state index in [4.69, 9.17) is 0 Å². The van der Waals surface area contributed by atoms with E-state index in [1.807, 2.05) is 37.3 Å². The number of aliphatic hydroxyl groups excluding tert-OH is 1. The van der Waals surface area contributed by atoms with E-state index in [9.17, 15) is 14.7 Å². The van der Waals surface area contributed by atoms with Crippen LogP contribution in [0, 0.1) is 0 Å². The van der Waals surface area contributed by atoms with Crippen LogP contribution in [0.4, 0.5) is 0 Å². The maximum absolute atomic E-state index is 11.9. The number of benzene rings is 1. The normalized spacial score (nSPS) is 17.4. The third kappa shape index (κ3) is 4.84. The lowest BCUT2D eigenvalue weighted by Gasteiger charge is -2.19. The van der Waals surface area contributed by atoms with Crippen LogP contribution >= 0.6 is 0 Å². The second kappa shape index (κ2) is 7.94. The molecule has 2 atom stereocenters. The molecule has 5 nitrogen and oxygen atoms in total. The highest BCUT2D eigenvalue weighted by Gasteiger charge is 2.21. The zero-order valence-corrected chi connectivity index (χ0v) is 13.0. The monoisotopic (exact) mass is 304 g/mol. The third-order valence-electron chi connectivity index (χ3n) is 3.95. The Bertz CT molecular complexity index is 504. The van der Waals surface area contributed by atoms with Crippen LogP contribution in [-0.2, 0) is 9.59 Å². The van der Waals surface area contributed by atoms with Crippen LogP contribution in [-0.4, -0.2) is 41.0 Å². The Hall–Kier alpha value is -1.88. The van der Waals surface area contributed by atoms with Crippen molar-refractivity contribution < 1.29 is 14.7 Å². The fourth-order valence-corrected chi connectivity index (χ4v) is 2.73. The van der Waals surface area contributed by atoms with E-state index in [1.165, 1.54) is 0 Å². The minimum Gasteiger partial charge on any atom is -0.388 e. The van der Waals surface area contributed by atoms with Gasteiger partial charge in [-0.15, -0.1) is 0 Å². The number of rotatable bonds is 7. The van der Waals surface area contributed by atoms with Gasteiger partial charge in [-0.3, -0.25) is 9.59 Å². The maximum atomic E-state index is 11.9. The molecule has 1 saturated heterocycles. The summed E-state index contributed by atoms with van der Waals surface area (Å²) in [6.07, 6.45) is 1.69. The molecule has 0 aliphatic carbocycles. The van der Waals surface area contributed by atoms with E-state index in [0.717, 1.165) is 18.5 Å². The number of hydrogen-bond donors (Lipinski definition) is 2. The van der Waals surface area contributed by atoms with Gasteiger partial charge in [0.05, 0.1) is 6.10 Å². The predicted molar refractivity (Wildman–Crippen MR) is 84.1 cm³/mol. The third-order valence-corrected chi connectivity index (χ3v) is 3.95. The van der Waals surface area contributed by atoms with Crippen LogP contribution in [0.1, 0.15) is 44.3 Å². The van der Waals surface area contributed by atoms with Gasteiger partial charge in [-0.25, -0.2) is 0 Å².